The number of carbonyl (C=O) groups is 1. The fourth-order valence-corrected chi connectivity index (χ4v) is 4.81. The summed E-state index contributed by atoms with van der Waals surface area (Å²) in [5, 5.41) is 2.79. The van der Waals surface area contributed by atoms with Crippen molar-refractivity contribution >= 4 is 21.6 Å². The van der Waals surface area contributed by atoms with Gasteiger partial charge in [-0.1, -0.05) is 6.92 Å². The zero-order chi connectivity index (χ0) is 20.3. The lowest BCUT2D eigenvalue weighted by atomic mass is 10.0. The van der Waals surface area contributed by atoms with Gasteiger partial charge in [0.1, 0.15) is 16.3 Å². The van der Waals surface area contributed by atoms with E-state index in [2.05, 4.69) is 12.2 Å². The van der Waals surface area contributed by atoms with E-state index in [0.717, 1.165) is 18.6 Å². The van der Waals surface area contributed by atoms with Crippen LogP contribution in [0.1, 0.15) is 37.2 Å². The van der Waals surface area contributed by atoms with E-state index in [4.69, 9.17) is 4.74 Å². The summed E-state index contributed by atoms with van der Waals surface area (Å²) >= 11 is 0. The molecule has 0 spiro atoms. The third kappa shape index (κ3) is 4.39. The molecule has 1 amide bonds. The highest BCUT2D eigenvalue weighted by Gasteiger charge is 2.30. The number of hydrogen-bond acceptors (Lipinski definition) is 4. The number of ether oxygens (including phenoxy) is 1. The Morgan fingerprint density at radius 1 is 1.21 bits per heavy atom. The average molecular weight is 406 g/mol. The SMILES string of the molecule is CCOc1ccc(NC(=O)c2cc(S(=O)(=O)N3CCC(C)CC3)cn2C)cc1. The van der Waals surface area contributed by atoms with Gasteiger partial charge in [0.15, 0.2) is 0 Å². The van der Waals surface area contributed by atoms with E-state index in [9.17, 15) is 13.2 Å². The summed E-state index contributed by atoms with van der Waals surface area (Å²) in [5.41, 5.74) is 0.905. The summed E-state index contributed by atoms with van der Waals surface area (Å²) in [6.07, 6.45) is 3.22. The van der Waals surface area contributed by atoms with Crippen molar-refractivity contribution in [3.8, 4) is 5.75 Å². The molecular formula is C20H27N3O4S. The van der Waals surface area contributed by atoms with E-state index in [1.54, 1.807) is 35.9 Å². The molecule has 152 valence electrons. The summed E-state index contributed by atoms with van der Waals surface area (Å²) in [5.74, 6) is 0.904. The Bertz CT molecular complexity index is 927. The molecule has 2 heterocycles. The maximum Gasteiger partial charge on any atom is 0.272 e. The largest absolute Gasteiger partial charge is 0.494 e. The third-order valence-corrected chi connectivity index (χ3v) is 6.88. The summed E-state index contributed by atoms with van der Waals surface area (Å²) in [6, 6.07) is 8.49. The molecule has 1 aromatic carbocycles. The Labute approximate surface area is 166 Å². The predicted octanol–water partition coefficient (Wildman–Crippen LogP) is 3.10. The van der Waals surface area contributed by atoms with Gasteiger partial charge in [-0.3, -0.25) is 4.79 Å². The van der Waals surface area contributed by atoms with Crippen LogP contribution >= 0.6 is 0 Å². The lowest BCUT2D eigenvalue weighted by Crippen LogP contribution is -2.37. The van der Waals surface area contributed by atoms with Crippen molar-refractivity contribution in [2.75, 3.05) is 25.0 Å². The smallest absolute Gasteiger partial charge is 0.272 e. The first-order valence-corrected chi connectivity index (χ1v) is 11.0. The minimum absolute atomic E-state index is 0.154. The Kier molecular flexibility index (Phi) is 6.10. The van der Waals surface area contributed by atoms with Gasteiger partial charge < -0.3 is 14.6 Å². The van der Waals surface area contributed by atoms with E-state index >= 15 is 0 Å². The second kappa shape index (κ2) is 8.36. The van der Waals surface area contributed by atoms with Crippen molar-refractivity contribution in [3.05, 3.63) is 42.2 Å². The zero-order valence-corrected chi connectivity index (χ0v) is 17.3. The van der Waals surface area contributed by atoms with Crippen LogP contribution in [0.3, 0.4) is 0 Å². The Balaban J connectivity index is 1.75. The van der Waals surface area contributed by atoms with E-state index in [1.807, 2.05) is 6.92 Å². The van der Waals surface area contributed by atoms with Crippen molar-refractivity contribution in [3.63, 3.8) is 0 Å². The predicted molar refractivity (Wildman–Crippen MR) is 108 cm³/mol. The third-order valence-electron chi connectivity index (χ3n) is 5.02. The number of piperidine rings is 1. The van der Waals surface area contributed by atoms with Gasteiger partial charge in [0.2, 0.25) is 10.0 Å². The van der Waals surface area contributed by atoms with Crippen LogP contribution in [-0.2, 0) is 17.1 Å². The molecule has 0 saturated carbocycles. The number of amides is 1. The van der Waals surface area contributed by atoms with Crippen LogP contribution in [-0.4, -0.2) is 42.9 Å². The number of rotatable bonds is 6. The van der Waals surface area contributed by atoms with Gasteiger partial charge in [-0.25, -0.2) is 8.42 Å². The van der Waals surface area contributed by atoms with Crippen molar-refractivity contribution in [1.82, 2.24) is 8.87 Å². The van der Waals surface area contributed by atoms with Crippen LogP contribution in [0.15, 0.2) is 41.4 Å². The number of aromatic nitrogens is 1. The highest BCUT2D eigenvalue weighted by atomic mass is 32.2. The molecule has 1 saturated heterocycles. The topological polar surface area (TPSA) is 80.6 Å². The summed E-state index contributed by atoms with van der Waals surface area (Å²) in [6.45, 7) is 5.65. The molecule has 3 rings (SSSR count). The van der Waals surface area contributed by atoms with E-state index in [0.29, 0.717) is 31.3 Å². The van der Waals surface area contributed by atoms with Crippen molar-refractivity contribution in [1.29, 1.82) is 0 Å². The normalized spacial score (nSPS) is 16.1. The van der Waals surface area contributed by atoms with Crippen LogP contribution in [0.5, 0.6) is 5.75 Å². The highest BCUT2D eigenvalue weighted by Crippen LogP contribution is 2.25. The maximum atomic E-state index is 12.9. The summed E-state index contributed by atoms with van der Waals surface area (Å²) in [7, 11) is -1.92. The molecule has 1 aliphatic heterocycles. The molecule has 7 nitrogen and oxygen atoms in total. The van der Waals surface area contributed by atoms with Crippen molar-refractivity contribution in [2.45, 2.75) is 31.6 Å². The first-order valence-electron chi connectivity index (χ1n) is 9.52. The molecule has 0 bridgehead atoms. The number of nitrogens with zero attached hydrogens (tertiary/aromatic N) is 2. The van der Waals surface area contributed by atoms with Gasteiger partial charge >= 0.3 is 0 Å². The number of benzene rings is 1. The number of aryl methyl sites for hydroxylation is 1. The first kappa shape index (κ1) is 20.4. The Morgan fingerprint density at radius 3 is 2.46 bits per heavy atom. The fourth-order valence-electron chi connectivity index (χ4n) is 3.27. The number of carbonyl (C=O) groups excluding carboxylic acids is 1. The second-order valence-corrected chi connectivity index (χ2v) is 9.11. The van der Waals surface area contributed by atoms with Gasteiger partial charge in [-0.05, 0) is 56.0 Å². The van der Waals surface area contributed by atoms with Gasteiger partial charge in [-0.15, -0.1) is 0 Å². The average Bonchev–Trinajstić information content (AvgIpc) is 3.07. The minimum atomic E-state index is -3.59. The standard InChI is InChI=1S/C20H27N3O4S/c1-4-27-17-7-5-16(6-8-17)21-20(24)19-13-18(14-22(19)3)28(25,26)23-11-9-15(2)10-12-23/h5-8,13-15H,4,9-12H2,1-3H3,(H,21,24). The lowest BCUT2D eigenvalue weighted by molar-refractivity contribution is 0.101. The van der Waals surface area contributed by atoms with Crippen LogP contribution in [0.25, 0.3) is 0 Å². The number of nitrogens with one attached hydrogen (secondary N) is 1. The molecule has 0 aliphatic carbocycles. The Hall–Kier alpha value is -2.32. The zero-order valence-electron chi connectivity index (χ0n) is 16.5. The van der Waals surface area contributed by atoms with Gasteiger partial charge in [0.25, 0.3) is 5.91 Å². The first-order chi connectivity index (χ1) is 13.3. The molecule has 0 atom stereocenters. The molecule has 1 aromatic heterocycles. The second-order valence-electron chi connectivity index (χ2n) is 7.17. The fraction of sp³-hybridized carbons (Fsp3) is 0.450. The van der Waals surface area contributed by atoms with Crippen molar-refractivity contribution in [2.24, 2.45) is 13.0 Å². The Morgan fingerprint density at radius 2 is 1.86 bits per heavy atom. The van der Waals surface area contributed by atoms with Crippen LogP contribution in [0.4, 0.5) is 5.69 Å². The van der Waals surface area contributed by atoms with Crippen LogP contribution < -0.4 is 10.1 Å². The van der Waals surface area contributed by atoms with E-state index < -0.39 is 10.0 Å². The molecular weight excluding hydrogens is 378 g/mol. The molecule has 8 heteroatoms. The molecule has 2 aromatic rings. The monoisotopic (exact) mass is 405 g/mol. The quantitative estimate of drug-likeness (QED) is 0.801. The molecule has 1 fully saturated rings. The molecule has 0 radical (unpaired) electrons. The highest BCUT2D eigenvalue weighted by molar-refractivity contribution is 7.89. The van der Waals surface area contributed by atoms with Gasteiger partial charge in [-0.2, -0.15) is 4.31 Å². The number of hydrogen-bond donors (Lipinski definition) is 1. The van der Waals surface area contributed by atoms with Crippen LogP contribution in [0.2, 0.25) is 0 Å². The minimum Gasteiger partial charge on any atom is -0.494 e. The summed E-state index contributed by atoms with van der Waals surface area (Å²) in [4.78, 5) is 12.8. The molecule has 1 N–H and O–H groups in total. The van der Waals surface area contributed by atoms with Crippen LogP contribution in [0, 0.1) is 5.92 Å². The molecule has 0 unspecified atom stereocenters. The van der Waals surface area contributed by atoms with Gasteiger partial charge in [0, 0.05) is 32.0 Å². The molecule has 1 aliphatic rings. The van der Waals surface area contributed by atoms with Crippen molar-refractivity contribution < 1.29 is 17.9 Å². The maximum absolute atomic E-state index is 12.9. The van der Waals surface area contributed by atoms with Gasteiger partial charge in [0.05, 0.1) is 6.61 Å². The number of anilines is 1. The lowest BCUT2D eigenvalue weighted by Gasteiger charge is -2.29. The van der Waals surface area contributed by atoms with E-state index in [1.165, 1.54) is 16.6 Å². The van der Waals surface area contributed by atoms with E-state index in [-0.39, 0.29) is 16.5 Å². The summed E-state index contributed by atoms with van der Waals surface area (Å²) < 4.78 is 34.3. The number of sulfonamides is 1. The molecule has 28 heavy (non-hydrogen) atoms.